The zero-order valence-corrected chi connectivity index (χ0v) is 24.0. The van der Waals surface area contributed by atoms with Crippen LogP contribution in [0.1, 0.15) is 93.4 Å². The molecular formula is C30H48O8. The molecule has 0 bridgehead atoms. The fourth-order valence-corrected chi connectivity index (χ4v) is 9.52. The van der Waals surface area contributed by atoms with Crippen LogP contribution < -0.4 is 0 Å². The third kappa shape index (κ3) is 3.85. The zero-order valence-electron chi connectivity index (χ0n) is 24.0. The summed E-state index contributed by atoms with van der Waals surface area (Å²) in [5, 5.41) is 55.1. The van der Waals surface area contributed by atoms with E-state index in [0.717, 1.165) is 0 Å². The Morgan fingerprint density at radius 1 is 1.03 bits per heavy atom. The highest BCUT2D eigenvalue weighted by atomic mass is 16.8. The van der Waals surface area contributed by atoms with Crippen LogP contribution in [-0.2, 0) is 14.3 Å². The van der Waals surface area contributed by atoms with E-state index < -0.39 is 57.7 Å². The highest BCUT2D eigenvalue weighted by molar-refractivity contribution is 5.95. The number of ketones is 1. The molecule has 0 aromatic heterocycles. The van der Waals surface area contributed by atoms with Crippen LogP contribution in [0.2, 0.25) is 0 Å². The summed E-state index contributed by atoms with van der Waals surface area (Å²) in [6.07, 6.45) is 1.30. The molecule has 11 unspecified atom stereocenters. The first-order valence-electron chi connectivity index (χ1n) is 14.4. The Bertz CT molecular complexity index is 1020. The second-order valence-corrected chi connectivity index (χ2v) is 14.8. The predicted molar refractivity (Wildman–Crippen MR) is 140 cm³/mol. The van der Waals surface area contributed by atoms with Crippen LogP contribution >= 0.6 is 0 Å². The standard InChI is InChI=1S/C30H48O8/c1-25(2,35)11-10-22-29(7,38-26(3,4)37-22)21-9-13-30(36)17-14-19(31)18-15-20(32)23(33)24(34)28(18,6)16(17)8-12-27(21,30)5/h14,16,18,20-24,32-36H,8-13,15H2,1-7H3. The molecule has 0 spiro atoms. The van der Waals surface area contributed by atoms with Gasteiger partial charge in [0.15, 0.2) is 11.6 Å². The number of aliphatic hydroxyl groups is 5. The molecule has 0 aromatic rings. The molecule has 0 aromatic carbocycles. The van der Waals surface area contributed by atoms with Gasteiger partial charge in [0.25, 0.3) is 0 Å². The van der Waals surface area contributed by atoms with E-state index in [2.05, 4.69) is 13.8 Å². The van der Waals surface area contributed by atoms with Gasteiger partial charge in [0.1, 0.15) is 6.10 Å². The smallest absolute Gasteiger partial charge is 0.164 e. The molecule has 38 heavy (non-hydrogen) atoms. The van der Waals surface area contributed by atoms with E-state index in [1.807, 2.05) is 20.8 Å². The van der Waals surface area contributed by atoms with Gasteiger partial charge in [-0.05, 0) is 103 Å². The lowest BCUT2D eigenvalue weighted by Gasteiger charge is -2.61. The summed E-state index contributed by atoms with van der Waals surface area (Å²) in [7, 11) is 0. The molecule has 216 valence electrons. The van der Waals surface area contributed by atoms with Gasteiger partial charge in [-0.3, -0.25) is 4.79 Å². The van der Waals surface area contributed by atoms with Gasteiger partial charge in [0, 0.05) is 16.7 Å². The Kier molecular flexibility index (Phi) is 6.46. The summed E-state index contributed by atoms with van der Waals surface area (Å²) in [4.78, 5) is 13.5. The molecule has 5 aliphatic rings. The Labute approximate surface area is 226 Å². The largest absolute Gasteiger partial charge is 0.390 e. The van der Waals surface area contributed by atoms with Crippen molar-refractivity contribution < 1.29 is 39.8 Å². The molecular weight excluding hydrogens is 488 g/mol. The molecule has 0 radical (unpaired) electrons. The first-order valence-corrected chi connectivity index (χ1v) is 14.4. The molecule has 3 saturated carbocycles. The van der Waals surface area contributed by atoms with Crippen LogP contribution in [0.3, 0.4) is 0 Å². The molecule has 4 aliphatic carbocycles. The van der Waals surface area contributed by atoms with Gasteiger partial charge in [-0.15, -0.1) is 0 Å². The van der Waals surface area contributed by atoms with Gasteiger partial charge in [-0.1, -0.05) is 13.8 Å². The topological polar surface area (TPSA) is 137 Å². The van der Waals surface area contributed by atoms with Crippen molar-refractivity contribution in [1.29, 1.82) is 0 Å². The predicted octanol–water partition coefficient (Wildman–Crippen LogP) is 2.62. The van der Waals surface area contributed by atoms with Gasteiger partial charge in [-0.2, -0.15) is 0 Å². The molecule has 8 nitrogen and oxygen atoms in total. The summed E-state index contributed by atoms with van der Waals surface area (Å²) in [5.74, 6) is -1.96. The van der Waals surface area contributed by atoms with Crippen LogP contribution in [0.4, 0.5) is 0 Å². The Balaban J connectivity index is 1.52. The second kappa shape index (κ2) is 8.57. The number of hydrogen-bond donors (Lipinski definition) is 5. The van der Waals surface area contributed by atoms with Crippen molar-refractivity contribution in [2.75, 3.05) is 0 Å². The number of carbonyl (C=O) groups excluding carboxylic acids is 1. The van der Waals surface area contributed by atoms with Crippen molar-refractivity contribution in [3.8, 4) is 0 Å². The average Bonchev–Trinajstić information content (AvgIpc) is 3.21. The van der Waals surface area contributed by atoms with E-state index in [1.165, 1.54) is 0 Å². The zero-order chi connectivity index (χ0) is 28.3. The van der Waals surface area contributed by atoms with Crippen LogP contribution in [0, 0.1) is 28.6 Å². The minimum Gasteiger partial charge on any atom is -0.390 e. The number of fused-ring (bicyclic) bond motifs is 5. The maximum absolute atomic E-state index is 13.5. The SMILES string of the molecule is CC(C)(O)CCC1OC(C)(C)OC1(C)C1CCC2(O)C3=CC(=O)C4CC(O)C(O)C(O)C4(C)C3CCC12C. The highest BCUT2D eigenvalue weighted by Gasteiger charge is 2.72. The number of aliphatic hydroxyl groups excluding tert-OH is 3. The second-order valence-electron chi connectivity index (χ2n) is 14.8. The minimum atomic E-state index is -1.33. The van der Waals surface area contributed by atoms with Crippen molar-refractivity contribution in [1.82, 2.24) is 0 Å². The molecule has 5 N–H and O–H groups in total. The normalized spacial score (nSPS) is 52.3. The maximum atomic E-state index is 13.5. The Morgan fingerprint density at radius 3 is 2.32 bits per heavy atom. The van der Waals surface area contributed by atoms with Crippen molar-refractivity contribution in [3.05, 3.63) is 11.6 Å². The molecule has 8 heteroatoms. The molecule has 0 amide bonds. The average molecular weight is 537 g/mol. The van der Waals surface area contributed by atoms with Gasteiger partial charge >= 0.3 is 0 Å². The lowest BCUT2D eigenvalue weighted by atomic mass is 9.45. The summed E-state index contributed by atoms with van der Waals surface area (Å²) in [6, 6.07) is 0. The summed E-state index contributed by atoms with van der Waals surface area (Å²) < 4.78 is 13.1. The molecule has 1 saturated heterocycles. The first kappa shape index (κ1) is 28.7. The van der Waals surface area contributed by atoms with E-state index in [0.29, 0.717) is 44.1 Å². The van der Waals surface area contributed by atoms with Crippen LogP contribution in [0.25, 0.3) is 0 Å². The number of carbonyl (C=O) groups is 1. The van der Waals surface area contributed by atoms with E-state index in [-0.39, 0.29) is 30.1 Å². The quantitative estimate of drug-likeness (QED) is 0.370. The van der Waals surface area contributed by atoms with Crippen LogP contribution in [0.5, 0.6) is 0 Å². The fourth-order valence-electron chi connectivity index (χ4n) is 9.52. The summed E-state index contributed by atoms with van der Waals surface area (Å²) >= 11 is 0. The van der Waals surface area contributed by atoms with E-state index in [4.69, 9.17) is 9.47 Å². The summed E-state index contributed by atoms with van der Waals surface area (Å²) in [5.41, 5.74) is -3.74. The monoisotopic (exact) mass is 536 g/mol. The van der Waals surface area contributed by atoms with E-state index in [9.17, 15) is 30.3 Å². The number of rotatable bonds is 4. The van der Waals surface area contributed by atoms with Crippen LogP contribution in [0.15, 0.2) is 11.6 Å². The number of hydrogen-bond acceptors (Lipinski definition) is 8. The van der Waals surface area contributed by atoms with Crippen molar-refractivity contribution >= 4 is 5.78 Å². The third-order valence-electron chi connectivity index (χ3n) is 11.5. The van der Waals surface area contributed by atoms with Gasteiger partial charge in [-0.25, -0.2) is 0 Å². The van der Waals surface area contributed by atoms with Gasteiger partial charge in [0.05, 0.1) is 35.1 Å². The minimum absolute atomic E-state index is 0.0697. The first-order chi connectivity index (χ1) is 17.3. The third-order valence-corrected chi connectivity index (χ3v) is 11.5. The summed E-state index contributed by atoms with van der Waals surface area (Å²) in [6.45, 7) is 13.4. The lowest BCUT2D eigenvalue weighted by molar-refractivity contribution is -0.207. The Hall–Kier alpha value is -0.870. The number of allylic oxidation sites excluding steroid dienone is 1. The van der Waals surface area contributed by atoms with Crippen LogP contribution in [-0.4, -0.2) is 78.3 Å². The molecule has 1 heterocycles. The van der Waals surface area contributed by atoms with Gasteiger partial charge < -0.3 is 35.0 Å². The molecule has 5 rings (SSSR count). The fraction of sp³-hybridized carbons (Fsp3) is 0.900. The van der Waals surface area contributed by atoms with Gasteiger partial charge in [0.2, 0.25) is 0 Å². The van der Waals surface area contributed by atoms with Crippen molar-refractivity contribution in [2.45, 2.75) is 140 Å². The number of ether oxygens (including phenoxy) is 2. The van der Waals surface area contributed by atoms with Crippen molar-refractivity contribution in [3.63, 3.8) is 0 Å². The molecule has 4 fully saturated rings. The van der Waals surface area contributed by atoms with E-state index >= 15 is 0 Å². The lowest BCUT2D eigenvalue weighted by Crippen LogP contribution is -2.66. The molecule has 11 atom stereocenters. The Morgan fingerprint density at radius 2 is 1.68 bits per heavy atom. The maximum Gasteiger partial charge on any atom is 0.164 e. The van der Waals surface area contributed by atoms with Crippen molar-refractivity contribution in [2.24, 2.45) is 28.6 Å². The molecule has 1 aliphatic heterocycles. The van der Waals surface area contributed by atoms with E-state index in [1.54, 1.807) is 19.9 Å². The highest BCUT2D eigenvalue weighted by Crippen LogP contribution is 2.69.